The van der Waals surface area contributed by atoms with Crippen LogP contribution in [0.5, 0.6) is 0 Å². The SMILES string of the molecule is COC(=O)[C@@]1(CC(=O)C(C)(C)C)NN=C(c2ccc(C)cc2)S1. The van der Waals surface area contributed by atoms with Crippen LogP contribution in [0.3, 0.4) is 0 Å². The first-order chi connectivity index (χ1) is 10.7. The highest BCUT2D eigenvalue weighted by molar-refractivity contribution is 8.16. The molecule has 1 aromatic carbocycles. The van der Waals surface area contributed by atoms with Gasteiger partial charge in [-0.1, -0.05) is 62.4 Å². The average molecular weight is 334 g/mol. The molecule has 5 nitrogen and oxygen atoms in total. The number of Topliss-reactive ketones (excluding diaryl/α,β-unsaturated/α-hetero) is 1. The van der Waals surface area contributed by atoms with Gasteiger partial charge >= 0.3 is 5.97 Å². The molecule has 124 valence electrons. The van der Waals surface area contributed by atoms with Gasteiger partial charge in [0.2, 0.25) is 4.87 Å². The molecule has 0 aliphatic carbocycles. The van der Waals surface area contributed by atoms with E-state index in [0.29, 0.717) is 5.04 Å². The van der Waals surface area contributed by atoms with Crippen LogP contribution in [0.4, 0.5) is 0 Å². The molecule has 2 rings (SSSR count). The molecule has 0 aromatic heterocycles. The number of carbonyl (C=O) groups excluding carboxylic acids is 2. The molecular formula is C17H22N2O3S. The molecule has 0 bridgehead atoms. The molecule has 23 heavy (non-hydrogen) atoms. The topological polar surface area (TPSA) is 67.8 Å². The number of hydrogen-bond donors (Lipinski definition) is 1. The van der Waals surface area contributed by atoms with Crippen molar-refractivity contribution in [3.8, 4) is 0 Å². The monoisotopic (exact) mass is 334 g/mol. The predicted octanol–water partition coefficient (Wildman–Crippen LogP) is 2.87. The average Bonchev–Trinajstić information content (AvgIpc) is 2.91. The number of esters is 1. The molecule has 0 spiro atoms. The number of hydrazone groups is 1. The van der Waals surface area contributed by atoms with Crippen molar-refractivity contribution in [3.63, 3.8) is 0 Å². The molecule has 1 aromatic rings. The van der Waals surface area contributed by atoms with E-state index in [0.717, 1.165) is 11.1 Å². The van der Waals surface area contributed by atoms with Gasteiger partial charge in [-0.05, 0) is 6.92 Å². The summed E-state index contributed by atoms with van der Waals surface area (Å²) < 4.78 is 4.91. The number of carbonyl (C=O) groups is 2. The Morgan fingerprint density at radius 3 is 2.39 bits per heavy atom. The van der Waals surface area contributed by atoms with Gasteiger partial charge in [-0.25, -0.2) is 4.79 Å². The van der Waals surface area contributed by atoms with E-state index in [9.17, 15) is 9.59 Å². The highest BCUT2D eigenvalue weighted by Crippen LogP contribution is 2.38. The van der Waals surface area contributed by atoms with Crippen LogP contribution in [-0.4, -0.2) is 28.8 Å². The summed E-state index contributed by atoms with van der Waals surface area (Å²) in [6, 6.07) is 7.86. The van der Waals surface area contributed by atoms with Crippen molar-refractivity contribution in [1.82, 2.24) is 5.43 Å². The zero-order valence-electron chi connectivity index (χ0n) is 14.1. The van der Waals surface area contributed by atoms with Crippen LogP contribution in [0.15, 0.2) is 29.4 Å². The van der Waals surface area contributed by atoms with Crippen molar-refractivity contribution in [3.05, 3.63) is 35.4 Å². The Morgan fingerprint density at radius 2 is 1.87 bits per heavy atom. The third kappa shape index (κ3) is 3.75. The third-order valence-corrected chi connectivity index (χ3v) is 4.94. The lowest BCUT2D eigenvalue weighted by Gasteiger charge is -2.27. The summed E-state index contributed by atoms with van der Waals surface area (Å²) in [4.78, 5) is 23.5. The number of thioether (sulfide) groups is 1. The number of aryl methyl sites for hydroxylation is 1. The first-order valence-corrected chi connectivity index (χ1v) is 8.22. The fraction of sp³-hybridized carbons (Fsp3) is 0.471. The van der Waals surface area contributed by atoms with Crippen LogP contribution in [0.25, 0.3) is 0 Å². The molecule has 1 N–H and O–H groups in total. The van der Waals surface area contributed by atoms with Crippen molar-refractivity contribution >= 4 is 28.6 Å². The van der Waals surface area contributed by atoms with E-state index in [2.05, 4.69) is 10.5 Å². The van der Waals surface area contributed by atoms with Crippen LogP contribution < -0.4 is 5.43 Å². The number of nitrogens with zero attached hydrogens (tertiary/aromatic N) is 1. The van der Waals surface area contributed by atoms with Gasteiger partial charge in [-0.3, -0.25) is 10.2 Å². The Labute approximate surface area is 140 Å². The lowest BCUT2D eigenvalue weighted by atomic mass is 9.87. The molecule has 0 radical (unpaired) electrons. The number of nitrogens with one attached hydrogen (secondary N) is 1. The maximum Gasteiger partial charge on any atom is 0.344 e. The van der Waals surface area contributed by atoms with Crippen LogP contribution in [0.2, 0.25) is 0 Å². The summed E-state index contributed by atoms with van der Waals surface area (Å²) in [5, 5.41) is 4.95. The van der Waals surface area contributed by atoms with Crippen molar-refractivity contribution in [2.24, 2.45) is 10.5 Å². The molecule has 1 aliphatic heterocycles. The molecule has 0 amide bonds. The van der Waals surface area contributed by atoms with Crippen LogP contribution in [0.1, 0.15) is 38.3 Å². The smallest absolute Gasteiger partial charge is 0.344 e. The van der Waals surface area contributed by atoms with Gasteiger partial charge in [0.05, 0.1) is 13.5 Å². The molecule has 0 saturated carbocycles. The van der Waals surface area contributed by atoms with Gasteiger partial charge in [0.25, 0.3) is 0 Å². The van der Waals surface area contributed by atoms with E-state index in [-0.39, 0.29) is 12.2 Å². The Kier molecular flexibility index (Phi) is 4.84. The fourth-order valence-electron chi connectivity index (χ4n) is 2.06. The molecule has 1 heterocycles. The van der Waals surface area contributed by atoms with E-state index < -0.39 is 16.3 Å². The first kappa shape index (κ1) is 17.5. The molecule has 0 saturated heterocycles. The maximum absolute atomic E-state index is 12.4. The van der Waals surface area contributed by atoms with Crippen molar-refractivity contribution in [1.29, 1.82) is 0 Å². The minimum atomic E-state index is -1.20. The van der Waals surface area contributed by atoms with Gasteiger partial charge in [0, 0.05) is 11.0 Å². The van der Waals surface area contributed by atoms with E-state index in [1.54, 1.807) is 0 Å². The van der Waals surface area contributed by atoms with E-state index in [1.807, 2.05) is 52.0 Å². The van der Waals surface area contributed by atoms with Crippen LogP contribution in [-0.2, 0) is 14.3 Å². The summed E-state index contributed by atoms with van der Waals surface area (Å²) in [5.41, 5.74) is 4.36. The number of rotatable bonds is 4. The van der Waals surface area contributed by atoms with Gasteiger partial charge in [-0.2, -0.15) is 5.10 Å². The van der Waals surface area contributed by atoms with Gasteiger partial charge in [-0.15, -0.1) is 0 Å². The molecule has 0 fully saturated rings. The normalized spacial score (nSPS) is 20.7. The number of ether oxygens (including phenoxy) is 1. The third-order valence-electron chi connectivity index (χ3n) is 3.67. The highest BCUT2D eigenvalue weighted by atomic mass is 32.2. The van der Waals surface area contributed by atoms with E-state index in [4.69, 9.17) is 4.74 Å². The van der Waals surface area contributed by atoms with Crippen LogP contribution in [0, 0.1) is 12.3 Å². The lowest BCUT2D eigenvalue weighted by Crippen LogP contribution is -2.48. The lowest BCUT2D eigenvalue weighted by molar-refractivity contribution is -0.146. The van der Waals surface area contributed by atoms with Crippen molar-refractivity contribution in [2.75, 3.05) is 7.11 Å². The summed E-state index contributed by atoms with van der Waals surface area (Å²) in [7, 11) is 1.32. The first-order valence-electron chi connectivity index (χ1n) is 7.40. The second kappa shape index (κ2) is 6.35. The molecule has 0 unspecified atom stereocenters. The summed E-state index contributed by atoms with van der Waals surface area (Å²) in [5.74, 6) is -0.519. The molecule has 6 heteroatoms. The zero-order chi connectivity index (χ0) is 17.3. The summed E-state index contributed by atoms with van der Waals surface area (Å²) in [6.07, 6.45) is 0.0205. The minimum absolute atomic E-state index is 0.0205. The van der Waals surface area contributed by atoms with E-state index in [1.165, 1.54) is 18.9 Å². The molecule has 1 aliphatic rings. The quantitative estimate of drug-likeness (QED) is 0.858. The van der Waals surface area contributed by atoms with Crippen LogP contribution >= 0.6 is 11.8 Å². The van der Waals surface area contributed by atoms with E-state index >= 15 is 0 Å². The number of methoxy groups -OCH3 is 1. The van der Waals surface area contributed by atoms with Gasteiger partial charge in [0.15, 0.2) is 0 Å². The second-order valence-electron chi connectivity index (χ2n) is 6.67. The van der Waals surface area contributed by atoms with Gasteiger partial charge in [0.1, 0.15) is 10.8 Å². The number of ketones is 1. The summed E-state index contributed by atoms with van der Waals surface area (Å²) >= 11 is 1.24. The standard InChI is InChI=1S/C17H22N2O3S/c1-11-6-8-12(9-7-11)14-18-19-17(23-14,15(21)22-5)10-13(20)16(2,3)4/h6-9,19H,10H2,1-5H3/t17-/m0/s1. The molecule has 1 atom stereocenters. The second-order valence-corrected chi connectivity index (χ2v) is 7.95. The fourth-order valence-corrected chi connectivity index (χ4v) is 3.20. The zero-order valence-corrected chi connectivity index (χ0v) is 14.9. The van der Waals surface area contributed by atoms with Gasteiger partial charge < -0.3 is 4.74 Å². The Morgan fingerprint density at radius 1 is 1.26 bits per heavy atom. The van der Waals surface area contributed by atoms with Crippen molar-refractivity contribution < 1.29 is 14.3 Å². The highest BCUT2D eigenvalue weighted by Gasteiger charge is 2.48. The summed E-state index contributed by atoms with van der Waals surface area (Å²) in [6.45, 7) is 7.51. The Hall–Kier alpha value is -1.82. The maximum atomic E-state index is 12.4. The molecular weight excluding hydrogens is 312 g/mol. The van der Waals surface area contributed by atoms with Crippen molar-refractivity contribution in [2.45, 2.75) is 39.0 Å². The number of hydrogen-bond acceptors (Lipinski definition) is 6. The Bertz CT molecular complexity index is 647. The Balaban J connectivity index is 2.25. The predicted molar refractivity (Wildman–Crippen MR) is 92.3 cm³/mol. The number of benzene rings is 1. The minimum Gasteiger partial charge on any atom is -0.467 e. The largest absolute Gasteiger partial charge is 0.467 e.